The molecule has 0 spiro atoms. The highest BCUT2D eigenvalue weighted by Crippen LogP contribution is 2.37. The third kappa shape index (κ3) is 3.23. The predicted octanol–water partition coefficient (Wildman–Crippen LogP) is 8.16. The summed E-state index contributed by atoms with van der Waals surface area (Å²) in [6.45, 7) is 4.25. The molecule has 0 aliphatic carbocycles. The van der Waals surface area contributed by atoms with Gasteiger partial charge in [0.25, 0.3) is 0 Å². The van der Waals surface area contributed by atoms with Crippen molar-refractivity contribution in [1.29, 1.82) is 0 Å². The first-order valence-electron chi connectivity index (χ1n) is 13.3. The van der Waals surface area contributed by atoms with E-state index in [1.165, 1.54) is 38.3 Å². The number of para-hydroxylation sites is 2. The molecule has 0 atom stereocenters. The normalized spacial score (nSPS) is 13.8. The lowest BCUT2D eigenvalue weighted by molar-refractivity contribution is -0.442. The Morgan fingerprint density at radius 3 is 1.95 bits per heavy atom. The van der Waals surface area contributed by atoms with E-state index in [4.69, 9.17) is 10.1 Å². The van der Waals surface area contributed by atoms with E-state index in [1.54, 1.807) is 0 Å². The van der Waals surface area contributed by atoms with E-state index < -0.39 is 0 Å². The molecule has 0 fully saturated rings. The number of benzene rings is 4. The Balaban J connectivity index is 1.45. The van der Waals surface area contributed by atoms with Crippen molar-refractivity contribution in [1.82, 2.24) is 14.1 Å². The van der Waals surface area contributed by atoms with Gasteiger partial charge < -0.3 is 4.57 Å². The average molecular weight is 505 g/mol. The monoisotopic (exact) mass is 504 g/mol. The number of pyridine rings is 1. The molecule has 4 heterocycles. The molecule has 4 aromatic carbocycles. The van der Waals surface area contributed by atoms with E-state index in [9.17, 15) is 0 Å². The highest BCUT2D eigenvalue weighted by molar-refractivity contribution is 6.12. The third-order valence-electron chi connectivity index (χ3n) is 7.84. The molecule has 3 aromatic heterocycles. The molecular weight excluding hydrogens is 478 g/mol. The zero-order valence-electron chi connectivity index (χ0n) is 21.8. The number of aromatic nitrogens is 3. The van der Waals surface area contributed by atoms with Crippen LogP contribution in [0.5, 0.6) is 0 Å². The summed E-state index contributed by atoms with van der Waals surface area (Å²) in [7, 11) is 0. The highest BCUT2D eigenvalue weighted by atomic mass is 15.4. The molecule has 0 amide bonds. The molecule has 1 aliphatic heterocycles. The van der Waals surface area contributed by atoms with Crippen LogP contribution < -0.4 is 0 Å². The van der Waals surface area contributed by atoms with Crippen LogP contribution in [0.15, 0.2) is 114 Å². The van der Waals surface area contributed by atoms with Gasteiger partial charge in [0, 0.05) is 52.5 Å². The van der Waals surface area contributed by atoms with Gasteiger partial charge in [-0.1, -0.05) is 53.2 Å². The summed E-state index contributed by atoms with van der Waals surface area (Å²) in [5, 5.41) is 9.72. The van der Waals surface area contributed by atoms with Gasteiger partial charge in [-0.15, -0.1) is 0 Å². The molecule has 0 unspecified atom stereocenters. The average Bonchev–Trinajstić information content (AvgIpc) is 3.61. The molecule has 0 N–H and O–H groups in total. The van der Waals surface area contributed by atoms with E-state index in [0.29, 0.717) is 0 Å². The fourth-order valence-electron chi connectivity index (χ4n) is 6.21. The first-order chi connectivity index (χ1) is 19.2. The van der Waals surface area contributed by atoms with Crippen molar-refractivity contribution >= 4 is 60.7 Å². The Kier molecular flexibility index (Phi) is 4.65. The maximum atomic E-state index is 4.81. The number of nitrogens with zero attached hydrogens (tertiary/aromatic N) is 5. The molecule has 1 aliphatic rings. The summed E-state index contributed by atoms with van der Waals surface area (Å²) in [4.78, 5) is 4.72. The molecule has 39 heavy (non-hydrogen) atoms. The summed E-state index contributed by atoms with van der Waals surface area (Å²) in [6.07, 6.45) is 2.77. The number of hydrazone groups is 1. The summed E-state index contributed by atoms with van der Waals surface area (Å²) in [5.41, 5.74) is 9.24. The third-order valence-corrected chi connectivity index (χ3v) is 7.84. The van der Waals surface area contributed by atoms with Gasteiger partial charge in [0.15, 0.2) is 5.71 Å². The number of rotatable bonds is 3. The summed E-state index contributed by atoms with van der Waals surface area (Å²) < 4.78 is 6.74. The minimum Gasteiger partial charge on any atom is -0.309 e. The van der Waals surface area contributed by atoms with Crippen molar-refractivity contribution < 1.29 is 4.68 Å². The van der Waals surface area contributed by atoms with Gasteiger partial charge in [0.05, 0.1) is 34.2 Å². The van der Waals surface area contributed by atoms with Crippen molar-refractivity contribution in [2.75, 3.05) is 0 Å². The van der Waals surface area contributed by atoms with Crippen LogP contribution in [0.25, 0.3) is 55.1 Å². The maximum absolute atomic E-state index is 4.81. The molecular formula is C34H26N5+. The molecule has 0 saturated heterocycles. The van der Waals surface area contributed by atoms with Crippen LogP contribution in [0, 0.1) is 0 Å². The molecule has 0 radical (unpaired) electrons. The first-order valence-corrected chi connectivity index (χ1v) is 13.3. The van der Waals surface area contributed by atoms with Gasteiger partial charge in [0.1, 0.15) is 5.82 Å². The second kappa shape index (κ2) is 8.23. The van der Waals surface area contributed by atoms with Gasteiger partial charge >= 0.3 is 0 Å². The van der Waals surface area contributed by atoms with Gasteiger partial charge in [-0.2, -0.15) is 0 Å². The molecule has 5 nitrogen and oxygen atoms in total. The van der Waals surface area contributed by atoms with Crippen molar-refractivity contribution in [2.24, 2.45) is 5.10 Å². The van der Waals surface area contributed by atoms with Crippen LogP contribution in [-0.2, 0) is 0 Å². The van der Waals surface area contributed by atoms with E-state index >= 15 is 0 Å². The van der Waals surface area contributed by atoms with E-state index in [2.05, 4.69) is 119 Å². The Hall–Kier alpha value is -5.03. The molecule has 0 saturated carbocycles. The zero-order valence-corrected chi connectivity index (χ0v) is 21.8. The Labute approximate surface area is 225 Å². The fraction of sp³-hybridized carbons (Fsp3) is 0.0882. The fourth-order valence-corrected chi connectivity index (χ4v) is 6.21. The Morgan fingerprint density at radius 1 is 0.615 bits per heavy atom. The van der Waals surface area contributed by atoms with Crippen molar-refractivity contribution in [3.05, 3.63) is 109 Å². The minimum atomic E-state index is 0.912. The topological polar surface area (TPSA) is 38.1 Å². The van der Waals surface area contributed by atoms with Crippen LogP contribution >= 0.6 is 0 Å². The van der Waals surface area contributed by atoms with Crippen molar-refractivity contribution in [2.45, 2.75) is 20.3 Å². The Bertz CT molecular complexity index is 2160. The SMILES string of the molecule is CC1=N[N+](c2ccc3c4ccccc4n(-c4ccc5c6ccccc6n(-c6ccccn6)c5c4)c3c2)=C(C)C1. The molecule has 7 aromatic rings. The van der Waals surface area contributed by atoms with Gasteiger partial charge in [0.2, 0.25) is 5.69 Å². The second-order valence-electron chi connectivity index (χ2n) is 10.4. The van der Waals surface area contributed by atoms with E-state index in [0.717, 1.165) is 40.4 Å². The first kappa shape index (κ1) is 22.0. The standard InChI is InChI=1S/C34H26N5/c1-22-19-23(2)39(36-22)25-15-17-28-26-9-3-5-11-30(26)37(32(28)21-25)24-14-16-29-27-10-4-6-12-31(27)38(33(29)20-24)34-13-7-8-18-35-34/h3-18,20-21H,19H2,1-2H3/q+1. The van der Waals surface area contributed by atoms with Gasteiger partial charge in [-0.25, -0.2) is 4.98 Å². The van der Waals surface area contributed by atoms with Crippen LogP contribution in [0.2, 0.25) is 0 Å². The molecule has 8 rings (SSSR count). The molecule has 186 valence electrons. The van der Waals surface area contributed by atoms with E-state index in [-0.39, 0.29) is 0 Å². The minimum absolute atomic E-state index is 0.912. The number of hydrogen-bond acceptors (Lipinski definition) is 2. The van der Waals surface area contributed by atoms with Gasteiger partial charge in [-0.05, 0) is 54.5 Å². The largest absolute Gasteiger partial charge is 0.309 e. The lowest BCUT2D eigenvalue weighted by atomic mass is 10.1. The smallest absolute Gasteiger partial charge is 0.240 e. The molecule has 0 bridgehead atoms. The predicted molar refractivity (Wildman–Crippen MR) is 161 cm³/mol. The second-order valence-corrected chi connectivity index (χ2v) is 10.4. The van der Waals surface area contributed by atoms with Crippen molar-refractivity contribution in [3.63, 3.8) is 0 Å². The summed E-state index contributed by atoms with van der Waals surface area (Å²) in [6, 6.07) is 36.8. The maximum Gasteiger partial charge on any atom is 0.240 e. The highest BCUT2D eigenvalue weighted by Gasteiger charge is 2.24. The van der Waals surface area contributed by atoms with Crippen LogP contribution in [-0.4, -0.2) is 30.2 Å². The van der Waals surface area contributed by atoms with Gasteiger partial charge in [-0.3, -0.25) is 4.57 Å². The van der Waals surface area contributed by atoms with Crippen LogP contribution in [0.3, 0.4) is 0 Å². The summed E-state index contributed by atoms with van der Waals surface area (Å²) in [5.74, 6) is 0.915. The lowest BCUT2D eigenvalue weighted by Gasteiger charge is -2.10. The number of fused-ring (bicyclic) bond motifs is 6. The zero-order chi connectivity index (χ0) is 26.1. The molecule has 5 heteroatoms. The quantitative estimate of drug-likeness (QED) is 0.224. The summed E-state index contributed by atoms with van der Waals surface area (Å²) >= 11 is 0. The van der Waals surface area contributed by atoms with E-state index in [1.807, 2.05) is 18.3 Å². The van der Waals surface area contributed by atoms with Crippen LogP contribution in [0.4, 0.5) is 5.69 Å². The Morgan fingerprint density at radius 2 is 1.26 bits per heavy atom. The van der Waals surface area contributed by atoms with Crippen LogP contribution in [0.1, 0.15) is 20.3 Å². The lowest BCUT2D eigenvalue weighted by Crippen LogP contribution is -2.03. The number of hydrogen-bond donors (Lipinski definition) is 0. The van der Waals surface area contributed by atoms with Crippen molar-refractivity contribution in [3.8, 4) is 11.5 Å².